The molecule has 1 saturated heterocycles. The van der Waals surface area contributed by atoms with E-state index in [0.29, 0.717) is 10.7 Å². The Hall–Kier alpha value is -1.00. The van der Waals surface area contributed by atoms with Gasteiger partial charge in [-0.2, -0.15) is 0 Å². The molecule has 1 amide bonds. The summed E-state index contributed by atoms with van der Waals surface area (Å²) in [5.74, 6) is 0.0641. The Morgan fingerprint density at radius 3 is 3.05 bits per heavy atom. The summed E-state index contributed by atoms with van der Waals surface area (Å²) in [7, 11) is 0. The normalized spacial score (nSPS) is 19.1. The van der Waals surface area contributed by atoms with Gasteiger partial charge in [-0.05, 0) is 38.7 Å². The molecule has 1 aromatic rings. The first-order chi connectivity index (χ1) is 9.17. The molecule has 0 spiro atoms. The van der Waals surface area contributed by atoms with Crippen molar-refractivity contribution in [1.29, 1.82) is 0 Å². The average molecular weight is 285 g/mol. The Morgan fingerprint density at radius 2 is 2.37 bits per heavy atom. The molecule has 106 valence electrons. The highest BCUT2D eigenvalue weighted by Gasteiger charge is 2.30. The zero-order valence-electron chi connectivity index (χ0n) is 11.3. The van der Waals surface area contributed by atoms with Gasteiger partial charge in [0.15, 0.2) is 0 Å². The summed E-state index contributed by atoms with van der Waals surface area (Å²) in [5.41, 5.74) is 0.670. The van der Waals surface area contributed by atoms with Crippen molar-refractivity contribution >= 4 is 17.5 Å². The number of halogens is 1. The summed E-state index contributed by atoms with van der Waals surface area (Å²) in [6, 6.07) is 2.01. The maximum absolute atomic E-state index is 12.6. The molecule has 0 radical (unpaired) electrons. The van der Waals surface area contributed by atoms with E-state index in [1.54, 1.807) is 12.3 Å². The minimum atomic E-state index is 0.0641. The van der Waals surface area contributed by atoms with E-state index < -0.39 is 0 Å². The van der Waals surface area contributed by atoms with Crippen LogP contribution in [-0.4, -0.2) is 39.7 Å². The molecule has 0 aromatic carbocycles. The number of aliphatic hydroxyl groups excluding tert-OH is 1. The lowest BCUT2D eigenvalue weighted by molar-refractivity contribution is 0.0713. The van der Waals surface area contributed by atoms with E-state index in [1.165, 1.54) is 0 Å². The second-order valence-corrected chi connectivity index (χ2v) is 5.43. The fraction of sp³-hybridized carbons (Fsp3) is 0.643. The van der Waals surface area contributed by atoms with Crippen LogP contribution in [0.5, 0.6) is 0 Å². The number of aliphatic hydroxyl groups is 1. The van der Waals surface area contributed by atoms with Gasteiger partial charge in [-0.3, -0.25) is 4.79 Å². The fourth-order valence-corrected chi connectivity index (χ4v) is 3.01. The predicted molar refractivity (Wildman–Crippen MR) is 75.5 cm³/mol. The summed E-state index contributed by atoms with van der Waals surface area (Å²) in [4.78, 5) is 14.5. The van der Waals surface area contributed by atoms with E-state index >= 15 is 0 Å². The van der Waals surface area contributed by atoms with E-state index in [9.17, 15) is 4.79 Å². The van der Waals surface area contributed by atoms with Gasteiger partial charge in [0.25, 0.3) is 5.91 Å². The van der Waals surface area contributed by atoms with E-state index in [-0.39, 0.29) is 18.6 Å². The second-order valence-electron chi connectivity index (χ2n) is 4.99. The van der Waals surface area contributed by atoms with Crippen molar-refractivity contribution in [3.05, 3.63) is 23.0 Å². The van der Waals surface area contributed by atoms with Crippen LogP contribution in [0.2, 0.25) is 5.02 Å². The minimum Gasteiger partial charge on any atom is -0.396 e. The third-order valence-electron chi connectivity index (χ3n) is 3.76. The number of nitrogens with zero attached hydrogens (tertiary/aromatic N) is 2. The molecule has 1 fully saturated rings. The standard InChI is InChI=1S/C14H21ClN2O2/c1-2-16-10-11(15)9-13(16)14(19)17-7-3-5-12(17)6-4-8-18/h9-10,12,18H,2-8H2,1H3. The van der Waals surface area contributed by atoms with E-state index in [2.05, 4.69) is 0 Å². The lowest BCUT2D eigenvalue weighted by Gasteiger charge is -2.25. The first-order valence-corrected chi connectivity index (χ1v) is 7.32. The number of rotatable bonds is 5. The van der Waals surface area contributed by atoms with Crippen LogP contribution in [0.4, 0.5) is 0 Å². The molecule has 5 heteroatoms. The van der Waals surface area contributed by atoms with E-state index in [0.717, 1.165) is 38.8 Å². The van der Waals surface area contributed by atoms with Gasteiger partial charge in [0.2, 0.25) is 0 Å². The highest BCUT2D eigenvalue weighted by molar-refractivity contribution is 6.31. The fourth-order valence-electron chi connectivity index (χ4n) is 2.79. The topological polar surface area (TPSA) is 45.5 Å². The van der Waals surface area contributed by atoms with E-state index in [4.69, 9.17) is 16.7 Å². The van der Waals surface area contributed by atoms with Gasteiger partial charge in [-0.1, -0.05) is 11.6 Å². The first kappa shape index (κ1) is 14.4. The lowest BCUT2D eigenvalue weighted by atomic mass is 10.1. The average Bonchev–Trinajstić information content (AvgIpc) is 3.01. The zero-order valence-corrected chi connectivity index (χ0v) is 12.1. The zero-order chi connectivity index (χ0) is 13.8. The molecule has 1 aliphatic heterocycles. The molecule has 4 nitrogen and oxygen atoms in total. The smallest absolute Gasteiger partial charge is 0.270 e. The Balaban J connectivity index is 2.13. The number of carbonyl (C=O) groups excluding carboxylic acids is 1. The largest absolute Gasteiger partial charge is 0.396 e. The highest BCUT2D eigenvalue weighted by Crippen LogP contribution is 2.25. The van der Waals surface area contributed by atoms with Crippen LogP contribution in [0.25, 0.3) is 0 Å². The molecule has 1 aliphatic rings. The molecule has 19 heavy (non-hydrogen) atoms. The summed E-state index contributed by atoms with van der Waals surface area (Å²) >= 11 is 5.99. The van der Waals surface area contributed by atoms with E-state index in [1.807, 2.05) is 16.4 Å². The first-order valence-electron chi connectivity index (χ1n) is 6.95. The molecule has 0 saturated carbocycles. The van der Waals surface area contributed by atoms with Gasteiger partial charge in [0.05, 0.1) is 5.02 Å². The summed E-state index contributed by atoms with van der Waals surface area (Å²) in [6.45, 7) is 3.74. The molecule has 2 rings (SSSR count). The number of carbonyl (C=O) groups is 1. The van der Waals surface area contributed by atoms with Crippen molar-refractivity contribution in [3.63, 3.8) is 0 Å². The Kier molecular flexibility index (Phi) is 4.88. The quantitative estimate of drug-likeness (QED) is 0.903. The highest BCUT2D eigenvalue weighted by atomic mass is 35.5. The predicted octanol–water partition coefficient (Wildman–Crippen LogP) is 2.54. The molecule has 1 unspecified atom stereocenters. The molecule has 1 aromatic heterocycles. The maximum Gasteiger partial charge on any atom is 0.270 e. The number of amides is 1. The van der Waals surface area contributed by atoms with Crippen LogP contribution in [0.3, 0.4) is 0 Å². The van der Waals surface area contributed by atoms with Crippen LogP contribution in [0.15, 0.2) is 12.3 Å². The third-order valence-corrected chi connectivity index (χ3v) is 3.96. The maximum atomic E-state index is 12.6. The van der Waals surface area contributed by atoms with Gasteiger partial charge in [-0.15, -0.1) is 0 Å². The molecule has 1 atom stereocenters. The molecule has 0 aliphatic carbocycles. The summed E-state index contributed by atoms with van der Waals surface area (Å²) < 4.78 is 1.89. The molecule has 2 heterocycles. The van der Waals surface area contributed by atoms with Gasteiger partial charge in [0.1, 0.15) is 5.69 Å². The van der Waals surface area contributed by atoms with Crippen LogP contribution >= 0.6 is 11.6 Å². The van der Waals surface area contributed by atoms with Crippen molar-refractivity contribution in [2.24, 2.45) is 0 Å². The Morgan fingerprint density at radius 1 is 1.58 bits per heavy atom. The van der Waals surface area contributed by atoms with Crippen molar-refractivity contribution < 1.29 is 9.90 Å². The van der Waals surface area contributed by atoms with Crippen LogP contribution in [-0.2, 0) is 6.54 Å². The number of hydrogen-bond acceptors (Lipinski definition) is 2. The summed E-state index contributed by atoms with van der Waals surface area (Å²) in [6.07, 6.45) is 5.51. The lowest BCUT2D eigenvalue weighted by Crippen LogP contribution is -2.36. The SMILES string of the molecule is CCn1cc(Cl)cc1C(=O)N1CCCC1CCCO. The van der Waals surface area contributed by atoms with Crippen molar-refractivity contribution in [2.75, 3.05) is 13.2 Å². The van der Waals surface area contributed by atoms with Crippen LogP contribution < -0.4 is 0 Å². The Bertz CT molecular complexity index is 445. The third kappa shape index (κ3) is 3.12. The van der Waals surface area contributed by atoms with Crippen LogP contribution in [0.1, 0.15) is 43.1 Å². The second kappa shape index (κ2) is 6.44. The number of aryl methyl sites for hydroxylation is 1. The van der Waals surface area contributed by atoms with Gasteiger partial charge in [0, 0.05) is 31.9 Å². The minimum absolute atomic E-state index is 0.0641. The monoisotopic (exact) mass is 284 g/mol. The van der Waals surface area contributed by atoms with Gasteiger partial charge in [-0.25, -0.2) is 0 Å². The Labute approximate surface area is 119 Å². The van der Waals surface area contributed by atoms with Crippen LogP contribution in [0, 0.1) is 0 Å². The number of hydrogen-bond donors (Lipinski definition) is 1. The number of aromatic nitrogens is 1. The molecule has 0 bridgehead atoms. The van der Waals surface area contributed by atoms with Gasteiger partial charge < -0.3 is 14.6 Å². The molecular formula is C14H21ClN2O2. The van der Waals surface area contributed by atoms with Gasteiger partial charge >= 0.3 is 0 Å². The molecule has 1 N–H and O–H groups in total. The number of likely N-dealkylation sites (tertiary alicyclic amines) is 1. The molecular weight excluding hydrogens is 264 g/mol. The van der Waals surface area contributed by atoms with Crippen molar-refractivity contribution in [3.8, 4) is 0 Å². The summed E-state index contributed by atoms with van der Waals surface area (Å²) in [5, 5.41) is 9.54. The van der Waals surface area contributed by atoms with Crippen molar-refractivity contribution in [1.82, 2.24) is 9.47 Å². The van der Waals surface area contributed by atoms with Crippen molar-refractivity contribution in [2.45, 2.75) is 45.2 Å².